The fourth-order valence-electron chi connectivity index (χ4n) is 3.20. The molecule has 1 aromatic carbocycles. The predicted molar refractivity (Wildman–Crippen MR) is 120 cm³/mol. The lowest BCUT2D eigenvalue weighted by molar-refractivity contribution is 0.321. The number of nitrogens with zero attached hydrogens (tertiary/aromatic N) is 2. The normalized spacial score (nSPS) is 19.0. The van der Waals surface area contributed by atoms with Gasteiger partial charge in [-0.1, -0.05) is 23.7 Å². The van der Waals surface area contributed by atoms with E-state index >= 15 is 0 Å². The molecule has 0 radical (unpaired) electrons. The molecule has 8 heteroatoms. The number of hydrogen-bond donors (Lipinski definition) is 1. The molecule has 1 aliphatic rings. The SMILES string of the molecule is CC(c1ccc(N2CCC(NS(=O)(=O)C=Cc3ccc(Cl)s3)C2)cc1)N(C)C. The highest BCUT2D eigenvalue weighted by molar-refractivity contribution is 7.92. The third-order valence-corrected chi connectivity index (χ3v) is 7.39. The molecule has 1 saturated heterocycles. The Hall–Kier alpha value is -1.38. The van der Waals surface area contributed by atoms with Crippen LogP contribution in [0.5, 0.6) is 0 Å². The van der Waals surface area contributed by atoms with Gasteiger partial charge in [0.25, 0.3) is 0 Å². The first-order valence-corrected chi connectivity index (χ1v) is 11.9. The molecule has 2 aromatic rings. The van der Waals surface area contributed by atoms with Gasteiger partial charge in [-0.3, -0.25) is 0 Å². The Bertz CT molecular complexity index is 923. The van der Waals surface area contributed by atoms with Gasteiger partial charge in [0.2, 0.25) is 10.0 Å². The van der Waals surface area contributed by atoms with Crippen LogP contribution >= 0.6 is 22.9 Å². The molecule has 1 aromatic heterocycles. The molecule has 1 fully saturated rings. The number of hydrogen-bond acceptors (Lipinski definition) is 5. The lowest BCUT2D eigenvalue weighted by Gasteiger charge is -2.22. The van der Waals surface area contributed by atoms with Crippen LogP contribution in [0.2, 0.25) is 4.34 Å². The van der Waals surface area contributed by atoms with E-state index in [0.717, 1.165) is 23.5 Å². The molecule has 5 nitrogen and oxygen atoms in total. The molecule has 0 amide bonds. The maximum atomic E-state index is 12.3. The highest BCUT2D eigenvalue weighted by Gasteiger charge is 2.25. The quantitative estimate of drug-likeness (QED) is 0.702. The van der Waals surface area contributed by atoms with E-state index in [9.17, 15) is 8.42 Å². The number of anilines is 1. The molecular weight excluding hydrogens is 414 g/mol. The molecule has 0 aliphatic carbocycles. The first-order chi connectivity index (χ1) is 13.2. The second-order valence-electron chi connectivity index (χ2n) is 7.27. The summed E-state index contributed by atoms with van der Waals surface area (Å²) < 4.78 is 28.1. The Morgan fingerprint density at radius 2 is 1.96 bits per heavy atom. The zero-order valence-corrected chi connectivity index (χ0v) is 18.7. The molecule has 1 N–H and O–H groups in total. The third-order valence-electron chi connectivity index (χ3n) is 5.04. The first kappa shape index (κ1) is 21.3. The molecule has 2 atom stereocenters. The van der Waals surface area contributed by atoms with Crippen LogP contribution in [0.1, 0.15) is 29.8 Å². The predicted octanol–water partition coefficient (Wildman–Crippen LogP) is 4.19. The summed E-state index contributed by atoms with van der Waals surface area (Å²) in [6.07, 6.45) is 2.37. The fourth-order valence-corrected chi connectivity index (χ4v) is 5.31. The van der Waals surface area contributed by atoms with Crippen LogP contribution in [0.25, 0.3) is 6.08 Å². The molecule has 2 unspecified atom stereocenters. The van der Waals surface area contributed by atoms with E-state index in [4.69, 9.17) is 11.6 Å². The number of halogens is 1. The zero-order valence-electron chi connectivity index (χ0n) is 16.3. The van der Waals surface area contributed by atoms with Crippen molar-refractivity contribution in [3.8, 4) is 0 Å². The summed E-state index contributed by atoms with van der Waals surface area (Å²) in [5.74, 6) is 0. The van der Waals surface area contributed by atoms with Crippen LogP contribution in [0.3, 0.4) is 0 Å². The van der Waals surface area contributed by atoms with Gasteiger partial charge in [-0.25, -0.2) is 13.1 Å². The van der Waals surface area contributed by atoms with Crippen molar-refractivity contribution in [3.05, 3.63) is 56.6 Å². The lowest BCUT2D eigenvalue weighted by Crippen LogP contribution is -2.35. The van der Waals surface area contributed by atoms with Crippen LogP contribution < -0.4 is 9.62 Å². The highest BCUT2D eigenvalue weighted by Crippen LogP contribution is 2.25. The Balaban J connectivity index is 1.58. The second-order valence-corrected chi connectivity index (χ2v) is 10.6. The Kier molecular flexibility index (Phi) is 6.83. The molecule has 152 valence electrons. The van der Waals surface area contributed by atoms with E-state index in [2.05, 4.69) is 59.8 Å². The van der Waals surface area contributed by atoms with Gasteiger partial charge < -0.3 is 9.80 Å². The minimum Gasteiger partial charge on any atom is -0.370 e. The Morgan fingerprint density at radius 1 is 1.25 bits per heavy atom. The smallest absolute Gasteiger partial charge is 0.234 e. The highest BCUT2D eigenvalue weighted by atomic mass is 35.5. The molecule has 28 heavy (non-hydrogen) atoms. The van der Waals surface area contributed by atoms with Gasteiger partial charge >= 0.3 is 0 Å². The van der Waals surface area contributed by atoms with E-state index in [-0.39, 0.29) is 6.04 Å². The van der Waals surface area contributed by atoms with Gasteiger partial charge in [-0.05, 0) is 63.3 Å². The summed E-state index contributed by atoms with van der Waals surface area (Å²) >= 11 is 7.22. The summed E-state index contributed by atoms with van der Waals surface area (Å²) in [4.78, 5) is 5.21. The molecule has 0 spiro atoms. The van der Waals surface area contributed by atoms with Crippen molar-refractivity contribution in [2.75, 3.05) is 32.1 Å². The molecule has 2 heterocycles. The van der Waals surface area contributed by atoms with Crippen molar-refractivity contribution in [2.45, 2.75) is 25.4 Å². The number of thiophene rings is 1. The van der Waals surface area contributed by atoms with Crippen LogP contribution in [0.4, 0.5) is 5.69 Å². The van der Waals surface area contributed by atoms with E-state index in [1.54, 1.807) is 18.2 Å². The monoisotopic (exact) mass is 439 g/mol. The topological polar surface area (TPSA) is 52.7 Å². The van der Waals surface area contributed by atoms with Gasteiger partial charge in [0.1, 0.15) is 0 Å². The number of nitrogens with one attached hydrogen (secondary N) is 1. The Morgan fingerprint density at radius 3 is 2.57 bits per heavy atom. The minimum atomic E-state index is -3.49. The van der Waals surface area contributed by atoms with Gasteiger partial charge in [0.15, 0.2) is 0 Å². The van der Waals surface area contributed by atoms with Crippen LogP contribution in [-0.4, -0.2) is 46.5 Å². The molecule has 0 saturated carbocycles. The van der Waals surface area contributed by atoms with Crippen molar-refractivity contribution in [3.63, 3.8) is 0 Å². The first-order valence-electron chi connectivity index (χ1n) is 9.20. The molecule has 1 aliphatic heterocycles. The Labute approximate surface area is 176 Å². The summed E-state index contributed by atoms with van der Waals surface area (Å²) in [5, 5.41) is 1.22. The standard InChI is InChI=1S/C20H26ClN3O2S2/c1-15(23(2)3)16-4-6-18(7-5-16)24-12-10-17(14-24)22-28(25,26)13-11-19-8-9-20(21)27-19/h4-9,11,13,15,17,22H,10,12,14H2,1-3H3. The summed E-state index contributed by atoms with van der Waals surface area (Å²) in [7, 11) is 0.647. The van der Waals surface area contributed by atoms with Gasteiger partial charge in [-0.2, -0.15) is 0 Å². The van der Waals surface area contributed by atoms with Crippen LogP contribution in [-0.2, 0) is 10.0 Å². The molecule has 3 rings (SSSR count). The van der Waals surface area contributed by atoms with Crippen LogP contribution in [0, 0.1) is 0 Å². The van der Waals surface area contributed by atoms with Crippen molar-refractivity contribution in [2.24, 2.45) is 0 Å². The summed E-state index contributed by atoms with van der Waals surface area (Å²) in [5.41, 5.74) is 2.39. The third kappa shape index (κ3) is 5.58. The van der Waals surface area contributed by atoms with Gasteiger partial charge in [-0.15, -0.1) is 11.3 Å². The second kappa shape index (κ2) is 8.97. The average Bonchev–Trinajstić information content (AvgIpc) is 3.28. The number of sulfonamides is 1. The maximum absolute atomic E-state index is 12.3. The van der Waals surface area contributed by atoms with Crippen LogP contribution in [0.15, 0.2) is 41.8 Å². The van der Waals surface area contributed by atoms with E-state index < -0.39 is 10.0 Å². The minimum absolute atomic E-state index is 0.0954. The van der Waals surface area contributed by atoms with Crippen molar-refractivity contribution < 1.29 is 8.42 Å². The summed E-state index contributed by atoms with van der Waals surface area (Å²) in [6, 6.07) is 12.3. The molecule has 0 bridgehead atoms. The van der Waals surface area contributed by atoms with Crippen molar-refractivity contribution >= 4 is 44.7 Å². The van der Waals surface area contributed by atoms with Crippen molar-refractivity contribution in [1.82, 2.24) is 9.62 Å². The van der Waals surface area contributed by atoms with Crippen molar-refractivity contribution in [1.29, 1.82) is 0 Å². The fraction of sp³-hybridized carbons (Fsp3) is 0.400. The number of benzene rings is 1. The van der Waals surface area contributed by atoms with E-state index in [1.165, 1.54) is 22.3 Å². The average molecular weight is 440 g/mol. The lowest BCUT2D eigenvalue weighted by atomic mass is 10.1. The molecular formula is C20H26ClN3O2S2. The van der Waals surface area contributed by atoms with E-state index in [1.807, 2.05) is 0 Å². The van der Waals surface area contributed by atoms with E-state index in [0.29, 0.717) is 16.9 Å². The maximum Gasteiger partial charge on any atom is 0.234 e. The summed E-state index contributed by atoms with van der Waals surface area (Å²) in [6.45, 7) is 3.67. The van der Waals surface area contributed by atoms with Gasteiger partial charge in [0.05, 0.1) is 4.34 Å². The number of rotatable bonds is 7. The van der Waals surface area contributed by atoms with Gasteiger partial charge in [0, 0.05) is 41.1 Å². The largest absolute Gasteiger partial charge is 0.370 e. The zero-order chi connectivity index (χ0) is 20.3.